The quantitative estimate of drug-likeness (QED) is 0.582. The van der Waals surface area contributed by atoms with Crippen molar-refractivity contribution in [2.75, 3.05) is 0 Å². The Hall–Kier alpha value is -1.88. The van der Waals surface area contributed by atoms with Crippen LogP contribution in [0.4, 0.5) is 0 Å². The summed E-state index contributed by atoms with van der Waals surface area (Å²) in [5, 5.41) is 20.4. The molecule has 0 saturated carbocycles. The number of phenolic OH excluding ortho intramolecular Hbond substituents is 1. The van der Waals surface area contributed by atoms with Crippen molar-refractivity contribution in [3.8, 4) is 5.75 Å². The summed E-state index contributed by atoms with van der Waals surface area (Å²) in [7, 11) is -9.28. The van der Waals surface area contributed by atoms with Crippen molar-refractivity contribution in [1.29, 1.82) is 0 Å². The number of benzene rings is 1. The van der Waals surface area contributed by atoms with Gasteiger partial charge in [-0.05, 0) is 37.1 Å². The summed E-state index contributed by atoms with van der Waals surface area (Å²) in [5.74, 6) is -1.04. The molecular weight excluding hydrogens is 348 g/mol. The third-order valence-corrected chi connectivity index (χ3v) is 5.45. The fourth-order valence-corrected chi connectivity index (χ4v) is 3.78. The molecule has 1 aliphatic rings. The minimum Gasteiger partial charge on any atom is -0.507 e. The van der Waals surface area contributed by atoms with Crippen molar-refractivity contribution < 1.29 is 36.2 Å². The summed E-state index contributed by atoms with van der Waals surface area (Å²) < 4.78 is 64.0. The monoisotopic (exact) mass is 362 g/mol. The zero-order valence-corrected chi connectivity index (χ0v) is 13.7. The molecule has 4 N–H and O–H groups in total. The van der Waals surface area contributed by atoms with Gasteiger partial charge in [0.25, 0.3) is 20.2 Å². The van der Waals surface area contributed by atoms with Crippen molar-refractivity contribution in [1.82, 2.24) is 0 Å². The Labute approximate surface area is 132 Å². The van der Waals surface area contributed by atoms with Crippen LogP contribution in [0.3, 0.4) is 0 Å². The van der Waals surface area contributed by atoms with Crippen LogP contribution < -0.4 is 0 Å². The lowest BCUT2D eigenvalue weighted by atomic mass is 10.00. The Morgan fingerprint density at radius 3 is 2.04 bits per heavy atom. The maximum absolute atomic E-state index is 11.4. The van der Waals surface area contributed by atoms with Gasteiger partial charge in [-0.15, -0.1) is 0 Å². The SMILES string of the molecule is CC1=C(O)c2c(cc(S(=O)(=O)O)c(C)c2O)C=C(S(=O)(=O)O)C1. The van der Waals surface area contributed by atoms with E-state index in [1.165, 1.54) is 13.8 Å². The van der Waals surface area contributed by atoms with E-state index >= 15 is 0 Å². The molecule has 1 aromatic carbocycles. The predicted octanol–water partition coefficient (Wildman–Crippen LogP) is 1.87. The molecule has 126 valence electrons. The molecule has 0 aromatic heterocycles. The van der Waals surface area contributed by atoms with E-state index in [0.29, 0.717) is 0 Å². The smallest absolute Gasteiger partial charge is 0.294 e. The van der Waals surface area contributed by atoms with E-state index < -0.39 is 41.5 Å². The van der Waals surface area contributed by atoms with Crippen LogP contribution in [0.15, 0.2) is 21.4 Å². The molecule has 2 rings (SSSR count). The molecule has 0 radical (unpaired) electrons. The number of rotatable bonds is 2. The largest absolute Gasteiger partial charge is 0.507 e. The summed E-state index contributed by atoms with van der Waals surface area (Å²) in [6, 6.07) is 0.916. The van der Waals surface area contributed by atoms with Gasteiger partial charge in [-0.1, -0.05) is 0 Å². The molecule has 0 atom stereocenters. The van der Waals surface area contributed by atoms with Gasteiger partial charge in [-0.2, -0.15) is 16.8 Å². The second kappa shape index (κ2) is 5.34. The molecule has 10 heteroatoms. The summed E-state index contributed by atoms with van der Waals surface area (Å²) in [6.07, 6.45) is 0.615. The highest BCUT2D eigenvalue weighted by atomic mass is 32.2. The average Bonchev–Trinajstić information content (AvgIpc) is 2.50. The van der Waals surface area contributed by atoms with Gasteiger partial charge in [-0.25, -0.2) is 0 Å². The second-order valence-corrected chi connectivity index (χ2v) is 8.04. The minimum atomic E-state index is -4.68. The molecule has 0 bridgehead atoms. The fourth-order valence-electron chi connectivity index (χ4n) is 2.34. The molecule has 0 amide bonds. The number of hydrogen-bond donors (Lipinski definition) is 4. The highest BCUT2D eigenvalue weighted by Crippen LogP contribution is 2.40. The highest BCUT2D eigenvalue weighted by molar-refractivity contribution is 7.90. The maximum atomic E-state index is 11.4. The lowest BCUT2D eigenvalue weighted by Crippen LogP contribution is -2.04. The normalized spacial score (nSPS) is 15.9. The molecule has 0 heterocycles. The molecule has 23 heavy (non-hydrogen) atoms. The summed E-state index contributed by atoms with van der Waals surface area (Å²) >= 11 is 0. The van der Waals surface area contributed by atoms with Gasteiger partial charge in [0.15, 0.2) is 0 Å². The number of allylic oxidation sites excluding steroid dienone is 2. The third-order valence-electron chi connectivity index (χ3n) is 3.54. The standard InChI is InChI=1S/C13H14O8S2/c1-6-3-9(22(16,17)18)4-8-5-10(23(19,20)21)7(2)13(15)11(8)12(6)14/h4-5,14-15H,3H2,1-2H3,(H,16,17,18)(H,19,20,21). The Morgan fingerprint density at radius 1 is 1.00 bits per heavy atom. The maximum Gasteiger partial charge on any atom is 0.294 e. The third kappa shape index (κ3) is 3.11. The minimum absolute atomic E-state index is 0.155. The van der Waals surface area contributed by atoms with Crippen molar-refractivity contribution in [3.05, 3.63) is 33.2 Å². The van der Waals surface area contributed by atoms with E-state index in [4.69, 9.17) is 0 Å². The van der Waals surface area contributed by atoms with Gasteiger partial charge in [0.1, 0.15) is 16.4 Å². The number of hydrogen-bond acceptors (Lipinski definition) is 6. The zero-order valence-electron chi connectivity index (χ0n) is 12.1. The number of aromatic hydroxyl groups is 1. The number of phenols is 1. The first-order valence-corrected chi connectivity index (χ1v) is 9.13. The van der Waals surface area contributed by atoms with Gasteiger partial charge >= 0.3 is 0 Å². The van der Waals surface area contributed by atoms with Crippen LogP contribution in [0.2, 0.25) is 0 Å². The van der Waals surface area contributed by atoms with Crippen LogP contribution in [0.5, 0.6) is 5.75 Å². The lowest BCUT2D eigenvalue weighted by molar-refractivity contribution is 0.449. The van der Waals surface area contributed by atoms with Gasteiger partial charge < -0.3 is 10.2 Å². The van der Waals surface area contributed by atoms with E-state index in [0.717, 1.165) is 12.1 Å². The lowest BCUT2D eigenvalue weighted by Gasteiger charge is -2.13. The van der Waals surface area contributed by atoms with Crippen molar-refractivity contribution >= 4 is 32.1 Å². The van der Waals surface area contributed by atoms with E-state index in [-0.39, 0.29) is 28.7 Å². The predicted molar refractivity (Wildman–Crippen MR) is 82.0 cm³/mol. The Balaban J connectivity index is 2.99. The van der Waals surface area contributed by atoms with Crippen molar-refractivity contribution in [2.45, 2.75) is 25.2 Å². The molecule has 0 unspecified atom stereocenters. The summed E-state index contributed by atoms with van der Waals surface area (Å²) in [5.41, 5.74) is -0.384. The van der Waals surface area contributed by atoms with Crippen LogP contribution in [0.25, 0.3) is 11.8 Å². The van der Waals surface area contributed by atoms with Gasteiger partial charge in [0.2, 0.25) is 0 Å². The molecular formula is C13H14O8S2. The van der Waals surface area contributed by atoms with Crippen LogP contribution in [0, 0.1) is 6.92 Å². The van der Waals surface area contributed by atoms with Crippen LogP contribution in [-0.2, 0) is 20.2 Å². The Bertz CT molecular complexity index is 966. The van der Waals surface area contributed by atoms with Gasteiger partial charge in [-0.3, -0.25) is 9.11 Å². The molecule has 1 aliphatic carbocycles. The van der Waals surface area contributed by atoms with Crippen molar-refractivity contribution in [2.24, 2.45) is 0 Å². The molecule has 8 nitrogen and oxygen atoms in total. The molecule has 0 aliphatic heterocycles. The van der Waals surface area contributed by atoms with Gasteiger partial charge in [0.05, 0.1) is 10.5 Å². The zero-order chi connectivity index (χ0) is 17.7. The fraction of sp³-hybridized carbons (Fsp3) is 0.231. The van der Waals surface area contributed by atoms with Crippen LogP contribution in [0.1, 0.15) is 30.0 Å². The molecule has 0 fully saturated rings. The molecule has 1 aromatic rings. The first-order chi connectivity index (χ1) is 10.3. The molecule has 0 spiro atoms. The van der Waals surface area contributed by atoms with E-state index in [9.17, 15) is 36.2 Å². The van der Waals surface area contributed by atoms with E-state index in [2.05, 4.69) is 0 Å². The van der Waals surface area contributed by atoms with Crippen LogP contribution in [-0.4, -0.2) is 36.2 Å². The van der Waals surface area contributed by atoms with E-state index in [1.54, 1.807) is 0 Å². The molecule has 0 saturated heterocycles. The Kier molecular flexibility index (Phi) is 4.06. The summed E-state index contributed by atoms with van der Waals surface area (Å²) in [6.45, 7) is 2.62. The number of fused-ring (bicyclic) bond motifs is 1. The van der Waals surface area contributed by atoms with Crippen molar-refractivity contribution in [3.63, 3.8) is 0 Å². The number of aliphatic hydroxyl groups excluding tert-OH is 1. The van der Waals surface area contributed by atoms with Crippen LogP contribution >= 0.6 is 0 Å². The number of aliphatic hydroxyl groups is 1. The van der Waals surface area contributed by atoms with Gasteiger partial charge in [0, 0.05) is 12.0 Å². The summed E-state index contributed by atoms with van der Waals surface area (Å²) in [4.78, 5) is -1.11. The topological polar surface area (TPSA) is 149 Å². The first kappa shape index (κ1) is 17.5. The average molecular weight is 362 g/mol. The Morgan fingerprint density at radius 2 is 1.57 bits per heavy atom. The second-order valence-electron chi connectivity index (χ2n) is 5.18. The highest BCUT2D eigenvalue weighted by Gasteiger charge is 2.28. The van der Waals surface area contributed by atoms with E-state index in [1.807, 2.05) is 0 Å². The first-order valence-electron chi connectivity index (χ1n) is 6.25.